The predicted molar refractivity (Wildman–Crippen MR) is 69.3 cm³/mol. The molecule has 1 aromatic carbocycles. The maximum absolute atomic E-state index is 13.2. The lowest BCUT2D eigenvalue weighted by atomic mass is 10.2. The van der Waals surface area contributed by atoms with Gasteiger partial charge in [-0.15, -0.1) is 0 Å². The third-order valence-electron chi connectivity index (χ3n) is 2.02. The Balaban J connectivity index is 2.93. The molecule has 0 aliphatic rings. The van der Waals surface area contributed by atoms with Crippen LogP contribution in [0.25, 0.3) is 0 Å². The SMILES string of the molecule is COc1ccc(N/C(=C\C(C)=O)C(F)(F)Br)cc1. The average molecular weight is 320 g/mol. The number of halogens is 3. The number of ether oxygens (including phenoxy) is 1. The molecule has 0 heterocycles. The number of benzene rings is 1. The molecule has 1 aromatic rings. The van der Waals surface area contributed by atoms with Crippen LogP contribution in [0.4, 0.5) is 14.5 Å². The van der Waals surface area contributed by atoms with Crippen molar-refractivity contribution < 1.29 is 18.3 Å². The zero-order valence-corrected chi connectivity index (χ0v) is 11.4. The van der Waals surface area contributed by atoms with Gasteiger partial charge in [0.2, 0.25) is 0 Å². The number of rotatable bonds is 5. The number of carbonyl (C=O) groups is 1. The molecule has 0 amide bonds. The molecule has 0 aromatic heterocycles. The van der Waals surface area contributed by atoms with E-state index in [-0.39, 0.29) is 0 Å². The summed E-state index contributed by atoms with van der Waals surface area (Å²) < 4.78 is 31.3. The first-order chi connectivity index (χ1) is 8.32. The number of hydrogen-bond donors (Lipinski definition) is 1. The molecule has 6 heteroatoms. The third-order valence-corrected chi connectivity index (χ3v) is 2.45. The zero-order valence-electron chi connectivity index (χ0n) is 9.84. The second-order valence-corrected chi connectivity index (χ2v) is 4.52. The highest BCUT2D eigenvalue weighted by molar-refractivity contribution is 9.10. The van der Waals surface area contributed by atoms with Gasteiger partial charge in [-0.1, -0.05) is 0 Å². The normalized spacial score (nSPS) is 12.2. The summed E-state index contributed by atoms with van der Waals surface area (Å²) in [5.74, 6) is 0.147. The molecular weight excluding hydrogens is 308 g/mol. The molecule has 0 saturated carbocycles. The van der Waals surface area contributed by atoms with Crippen LogP contribution in [0.3, 0.4) is 0 Å². The number of allylic oxidation sites excluding steroid dienone is 2. The fourth-order valence-electron chi connectivity index (χ4n) is 1.22. The van der Waals surface area contributed by atoms with E-state index in [1.807, 2.05) is 0 Å². The molecule has 0 saturated heterocycles. The first kappa shape index (κ1) is 14.6. The van der Waals surface area contributed by atoms with Gasteiger partial charge in [0.15, 0.2) is 5.78 Å². The highest BCUT2D eigenvalue weighted by Crippen LogP contribution is 2.32. The molecule has 1 N–H and O–H groups in total. The molecule has 0 aliphatic carbocycles. The summed E-state index contributed by atoms with van der Waals surface area (Å²) in [7, 11) is 1.51. The standard InChI is InChI=1S/C12H12BrF2NO2/c1-8(17)7-11(12(13,14)15)16-9-3-5-10(18-2)6-4-9/h3-7,16H,1-2H3/b11-7-. The third kappa shape index (κ3) is 4.44. The first-order valence-corrected chi connectivity index (χ1v) is 5.83. The van der Waals surface area contributed by atoms with Crippen molar-refractivity contribution in [2.24, 2.45) is 0 Å². The lowest BCUT2D eigenvalue weighted by Gasteiger charge is -2.15. The number of nitrogens with one attached hydrogen (secondary N) is 1. The van der Waals surface area contributed by atoms with Crippen LogP contribution in [0.2, 0.25) is 0 Å². The Morgan fingerprint density at radius 2 is 1.94 bits per heavy atom. The molecule has 0 bridgehead atoms. The van der Waals surface area contributed by atoms with Gasteiger partial charge >= 0.3 is 4.83 Å². The van der Waals surface area contributed by atoms with Gasteiger partial charge in [0.25, 0.3) is 0 Å². The van der Waals surface area contributed by atoms with E-state index in [2.05, 4.69) is 21.2 Å². The molecule has 3 nitrogen and oxygen atoms in total. The van der Waals surface area contributed by atoms with Crippen molar-refractivity contribution in [3.8, 4) is 5.75 Å². The summed E-state index contributed by atoms with van der Waals surface area (Å²) in [5, 5.41) is 2.49. The molecule has 0 fully saturated rings. The van der Waals surface area contributed by atoms with Gasteiger partial charge in [-0.3, -0.25) is 4.79 Å². The Hall–Kier alpha value is -1.43. The molecule has 0 atom stereocenters. The number of methoxy groups -OCH3 is 1. The first-order valence-electron chi connectivity index (χ1n) is 5.03. The van der Waals surface area contributed by atoms with Crippen LogP contribution in [-0.4, -0.2) is 17.7 Å². The summed E-state index contributed by atoms with van der Waals surface area (Å²) in [6, 6.07) is 6.40. The van der Waals surface area contributed by atoms with Crippen molar-refractivity contribution in [3.05, 3.63) is 36.0 Å². The Kier molecular flexibility index (Phi) is 4.84. The average Bonchev–Trinajstić information content (AvgIpc) is 2.27. The highest BCUT2D eigenvalue weighted by atomic mass is 79.9. The van der Waals surface area contributed by atoms with Crippen LogP contribution >= 0.6 is 15.9 Å². The monoisotopic (exact) mass is 319 g/mol. The lowest BCUT2D eigenvalue weighted by Crippen LogP contribution is -2.18. The topological polar surface area (TPSA) is 38.3 Å². The Morgan fingerprint density at radius 1 is 1.39 bits per heavy atom. The maximum atomic E-state index is 13.2. The molecule has 0 aliphatic heterocycles. The zero-order chi connectivity index (χ0) is 13.8. The van der Waals surface area contributed by atoms with Crippen molar-refractivity contribution in [3.63, 3.8) is 0 Å². The Labute approximate surface area is 112 Å². The predicted octanol–water partition coefficient (Wildman–Crippen LogP) is 3.57. The van der Waals surface area contributed by atoms with Gasteiger partial charge in [-0.2, -0.15) is 8.78 Å². The number of alkyl halides is 3. The van der Waals surface area contributed by atoms with Crippen LogP contribution in [-0.2, 0) is 4.79 Å². The molecule has 98 valence electrons. The van der Waals surface area contributed by atoms with E-state index >= 15 is 0 Å². The second-order valence-electron chi connectivity index (χ2n) is 3.52. The van der Waals surface area contributed by atoms with Gasteiger partial charge in [0.1, 0.15) is 11.4 Å². The molecular formula is C12H12BrF2NO2. The summed E-state index contributed by atoms with van der Waals surface area (Å²) in [4.78, 5) is 7.61. The summed E-state index contributed by atoms with van der Waals surface area (Å²) in [6.07, 6.45) is 0.846. The maximum Gasteiger partial charge on any atom is 0.341 e. The molecule has 0 spiro atoms. The van der Waals surface area contributed by atoms with E-state index < -0.39 is 16.3 Å². The van der Waals surface area contributed by atoms with Crippen molar-refractivity contribution in [1.29, 1.82) is 0 Å². The summed E-state index contributed by atoms with van der Waals surface area (Å²) in [5.41, 5.74) is -0.0809. The molecule has 0 unspecified atom stereocenters. The molecule has 18 heavy (non-hydrogen) atoms. The lowest BCUT2D eigenvalue weighted by molar-refractivity contribution is -0.112. The van der Waals surface area contributed by atoms with Crippen molar-refractivity contribution in [2.45, 2.75) is 11.8 Å². The van der Waals surface area contributed by atoms with Gasteiger partial charge < -0.3 is 10.1 Å². The van der Waals surface area contributed by atoms with Crippen molar-refractivity contribution in [2.75, 3.05) is 12.4 Å². The van der Waals surface area contributed by atoms with Crippen LogP contribution in [0, 0.1) is 0 Å². The fraction of sp³-hybridized carbons (Fsp3) is 0.250. The Bertz CT molecular complexity index is 452. The van der Waals surface area contributed by atoms with E-state index in [1.165, 1.54) is 14.0 Å². The number of carbonyl (C=O) groups excluding carboxylic acids is 1. The van der Waals surface area contributed by atoms with Gasteiger partial charge in [0.05, 0.1) is 7.11 Å². The van der Waals surface area contributed by atoms with Crippen LogP contribution in [0.5, 0.6) is 5.75 Å². The number of ketones is 1. The Morgan fingerprint density at radius 3 is 2.33 bits per heavy atom. The van der Waals surface area contributed by atoms with Gasteiger partial charge in [-0.25, -0.2) is 0 Å². The minimum absolute atomic E-state index is 0.433. The van der Waals surface area contributed by atoms with Crippen LogP contribution in [0.1, 0.15) is 6.92 Å². The number of anilines is 1. The number of hydrogen-bond acceptors (Lipinski definition) is 3. The van der Waals surface area contributed by atoms with Crippen LogP contribution in [0.15, 0.2) is 36.0 Å². The van der Waals surface area contributed by atoms with E-state index in [9.17, 15) is 13.6 Å². The van der Waals surface area contributed by atoms with Gasteiger partial charge in [0, 0.05) is 11.8 Å². The molecule has 0 radical (unpaired) electrons. The van der Waals surface area contributed by atoms with E-state index in [4.69, 9.17) is 4.74 Å². The highest BCUT2D eigenvalue weighted by Gasteiger charge is 2.30. The quantitative estimate of drug-likeness (QED) is 0.666. The van der Waals surface area contributed by atoms with Gasteiger partial charge in [-0.05, 0) is 47.1 Å². The minimum atomic E-state index is -3.29. The van der Waals surface area contributed by atoms with E-state index in [1.54, 1.807) is 24.3 Å². The fourth-order valence-corrected chi connectivity index (χ4v) is 1.44. The summed E-state index contributed by atoms with van der Waals surface area (Å²) >= 11 is 2.22. The second kappa shape index (κ2) is 5.95. The largest absolute Gasteiger partial charge is 0.497 e. The molecule has 1 rings (SSSR count). The van der Waals surface area contributed by atoms with Crippen LogP contribution < -0.4 is 10.1 Å². The van der Waals surface area contributed by atoms with E-state index in [0.717, 1.165) is 6.08 Å². The minimum Gasteiger partial charge on any atom is -0.497 e. The summed E-state index contributed by atoms with van der Waals surface area (Å²) in [6.45, 7) is 1.20. The van der Waals surface area contributed by atoms with Crippen molar-refractivity contribution in [1.82, 2.24) is 0 Å². The van der Waals surface area contributed by atoms with E-state index in [0.29, 0.717) is 11.4 Å². The van der Waals surface area contributed by atoms with Crippen molar-refractivity contribution >= 4 is 27.4 Å². The smallest absolute Gasteiger partial charge is 0.341 e.